The van der Waals surface area contributed by atoms with Crippen LogP contribution >= 0.6 is 0 Å². The molecular formula is C32H35FN4O6. The molecule has 1 atom stereocenters. The van der Waals surface area contributed by atoms with Gasteiger partial charge in [0.1, 0.15) is 23.4 Å². The minimum absolute atomic E-state index is 0.0315. The maximum Gasteiger partial charge on any atom is 0.404 e. The molecule has 2 fully saturated rings. The van der Waals surface area contributed by atoms with Crippen LogP contribution in [0.4, 0.5) is 9.18 Å². The van der Waals surface area contributed by atoms with Gasteiger partial charge in [-0.05, 0) is 73.6 Å². The van der Waals surface area contributed by atoms with Gasteiger partial charge in [-0.3, -0.25) is 14.5 Å². The Bertz CT molecular complexity index is 1480. The van der Waals surface area contributed by atoms with Crippen LogP contribution in [0.1, 0.15) is 58.9 Å². The van der Waals surface area contributed by atoms with Crippen LogP contribution in [0, 0.1) is 5.82 Å². The number of halogens is 1. The van der Waals surface area contributed by atoms with Crippen molar-refractivity contribution in [2.24, 2.45) is 0 Å². The van der Waals surface area contributed by atoms with Gasteiger partial charge in [0.05, 0.1) is 19.4 Å². The molecule has 0 radical (unpaired) electrons. The van der Waals surface area contributed by atoms with Crippen LogP contribution in [0.2, 0.25) is 0 Å². The Hall–Kier alpha value is -4.35. The number of morpholine rings is 1. The summed E-state index contributed by atoms with van der Waals surface area (Å²) in [7, 11) is 0. The summed E-state index contributed by atoms with van der Waals surface area (Å²) < 4.78 is 25.8. The maximum absolute atomic E-state index is 14.2. The van der Waals surface area contributed by atoms with E-state index < -0.39 is 17.8 Å². The summed E-state index contributed by atoms with van der Waals surface area (Å²) >= 11 is 0. The van der Waals surface area contributed by atoms with Gasteiger partial charge in [-0.1, -0.05) is 24.3 Å². The first-order chi connectivity index (χ1) is 20.8. The summed E-state index contributed by atoms with van der Waals surface area (Å²) in [5.41, 5.74) is 3.33. The van der Waals surface area contributed by atoms with Crippen molar-refractivity contribution in [2.45, 2.75) is 57.3 Å². The number of hydrogen-bond donors (Lipinski definition) is 3. The van der Waals surface area contributed by atoms with E-state index in [1.54, 1.807) is 12.1 Å². The number of nitrogens with zero attached hydrogens (tertiary/aromatic N) is 2. The van der Waals surface area contributed by atoms with Crippen molar-refractivity contribution in [3.05, 3.63) is 77.2 Å². The number of benzene rings is 2. The quantitative estimate of drug-likeness (QED) is 0.296. The average Bonchev–Trinajstić information content (AvgIpc) is 3.00. The molecule has 3 N–H and O–H groups in total. The molecule has 43 heavy (non-hydrogen) atoms. The fourth-order valence-corrected chi connectivity index (χ4v) is 5.64. The van der Waals surface area contributed by atoms with Crippen LogP contribution in [-0.4, -0.2) is 71.2 Å². The Balaban J connectivity index is 1.34. The molecule has 226 valence electrons. The Morgan fingerprint density at radius 1 is 1.12 bits per heavy atom. The normalized spacial score (nSPS) is 20.7. The van der Waals surface area contributed by atoms with Crippen LogP contribution < -0.4 is 15.4 Å². The number of aldehydes is 1. The number of nitrogens with one attached hydrogen (secondary N) is 2. The number of ether oxygens (including phenoxy) is 2. The third-order valence-electron chi connectivity index (χ3n) is 7.96. The number of pyridine rings is 1. The summed E-state index contributed by atoms with van der Waals surface area (Å²) in [5, 5.41) is 14.3. The van der Waals surface area contributed by atoms with Gasteiger partial charge in [-0.15, -0.1) is 0 Å². The molecule has 2 amide bonds. The predicted molar refractivity (Wildman–Crippen MR) is 157 cm³/mol. The molecule has 2 aromatic carbocycles. The number of carbonyl (C=O) groups is 3. The standard InChI is InChI=1S/C32H35FN4O6/c1-20-19-42-12-11-37(20)17-23-13-21(18-38)5-10-28(23)22-3-2-4-27(14-22)43-31-29(15-24(33)16-34-31)30(39)35-25-6-8-26(9-7-25)36-32(40)41/h2-5,10,13-16,18,20,25-26,36H,6-9,11-12,17,19H2,1H3,(H,35,39)(H,40,41). The van der Waals surface area contributed by atoms with E-state index in [1.807, 2.05) is 30.3 Å². The summed E-state index contributed by atoms with van der Waals surface area (Å²) in [4.78, 5) is 42.1. The molecule has 1 aliphatic heterocycles. The molecule has 0 bridgehead atoms. The summed E-state index contributed by atoms with van der Waals surface area (Å²) in [6.07, 6.45) is 3.13. The third kappa shape index (κ3) is 7.74. The van der Waals surface area contributed by atoms with Gasteiger partial charge in [0.15, 0.2) is 0 Å². The number of amides is 2. The molecule has 1 aliphatic carbocycles. The van der Waals surface area contributed by atoms with Gasteiger partial charge >= 0.3 is 6.09 Å². The molecule has 1 saturated carbocycles. The molecule has 2 heterocycles. The van der Waals surface area contributed by atoms with Crippen molar-refractivity contribution in [2.75, 3.05) is 19.8 Å². The van der Waals surface area contributed by atoms with E-state index >= 15 is 0 Å². The van der Waals surface area contributed by atoms with Crippen LogP contribution in [0.3, 0.4) is 0 Å². The van der Waals surface area contributed by atoms with Crippen molar-refractivity contribution >= 4 is 18.3 Å². The lowest BCUT2D eigenvalue weighted by atomic mass is 9.91. The van der Waals surface area contributed by atoms with Crippen LogP contribution in [0.25, 0.3) is 11.1 Å². The van der Waals surface area contributed by atoms with Gasteiger partial charge in [-0.25, -0.2) is 14.2 Å². The smallest absolute Gasteiger partial charge is 0.404 e. The summed E-state index contributed by atoms with van der Waals surface area (Å²) in [5.74, 6) is -0.802. The Morgan fingerprint density at radius 2 is 1.88 bits per heavy atom. The fraction of sp³-hybridized carbons (Fsp3) is 0.375. The van der Waals surface area contributed by atoms with E-state index in [9.17, 15) is 18.8 Å². The van der Waals surface area contributed by atoms with Gasteiger partial charge < -0.3 is 25.2 Å². The SMILES string of the molecule is CC1COCCN1Cc1cc(C=O)ccc1-c1cccc(Oc2ncc(F)cc2C(=O)NC2CCC(NC(=O)O)CC2)c1. The monoisotopic (exact) mass is 590 g/mol. The van der Waals surface area contributed by atoms with E-state index in [0.717, 1.165) is 41.8 Å². The van der Waals surface area contributed by atoms with Gasteiger partial charge in [0.25, 0.3) is 5.91 Å². The molecule has 10 nitrogen and oxygen atoms in total. The molecule has 1 unspecified atom stereocenters. The second-order valence-corrected chi connectivity index (χ2v) is 11.0. The van der Waals surface area contributed by atoms with E-state index in [2.05, 4.69) is 27.4 Å². The molecule has 2 aliphatic rings. The van der Waals surface area contributed by atoms with E-state index in [1.165, 1.54) is 0 Å². The molecule has 0 spiro atoms. The van der Waals surface area contributed by atoms with Gasteiger partial charge in [-0.2, -0.15) is 0 Å². The average molecular weight is 591 g/mol. The van der Waals surface area contributed by atoms with E-state index in [0.29, 0.717) is 56.8 Å². The Morgan fingerprint density at radius 3 is 2.60 bits per heavy atom. The molecule has 1 saturated heterocycles. The summed E-state index contributed by atoms with van der Waals surface area (Å²) in [6.45, 7) is 4.85. The minimum Gasteiger partial charge on any atom is -0.465 e. The zero-order valence-electron chi connectivity index (χ0n) is 23.9. The van der Waals surface area contributed by atoms with Crippen molar-refractivity contribution < 1.29 is 33.4 Å². The number of carboxylic acid groups (broad SMARTS) is 1. The Labute approximate surface area is 249 Å². The van der Waals surface area contributed by atoms with Crippen LogP contribution in [0.15, 0.2) is 54.7 Å². The molecular weight excluding hydrogens is 555 g/mol. The second-order valence-electron chi connectivity index (χ2n) is 11.0. The lowest BCUT2D eigenvalue weighted by Crippen LogP contribution is -2.43. The first kappa shape index (κ1) is 30.1. The highest BCUT2D eigenvalue weighted by molar-refractivity contribution is 5.96. The number of aromatic nitrogens is 1. The largest absolute Gasteiger partial charge is 0.465 e. The van der Waals surface area contributed by atoms with Crippen molar-refractivity contribution in [1.82, 2.24) is 20.5 Å². The molecule has 3 aromatic rings. The minimum atomic E-state index is -1.06. The van der Waals surface area contributed by atoms with Crippen molar-refractivity contribution in [3.63, 3.8) is 0 Å². The topological polar surface area (TPSA) is 130 Å². The highest BCUT2D eigenvalue weighted by Crippen LogP contribution is 2.32. The highest BCUT2D eigenvalue weighted by Gasteiger charge is 2.26. The highest BCUT2D eigenvalue weighted by atomic mass is 19.1. The molecule has 1 aromatic heterocycles. The number of carbonyl (C=O) groups excluding carboxylic acids is 2. The fourth-order valence-electron chi connectivity index (χ4n) is 5.64. The lowest BCUT2D eigenvalue weighted by molar-refractivity contribution is -0.00430. The van der Waals surface area contributed by atoms with Crippen molar-refractivity contribution in [3.8, 4) is 22.8 Å². The Kier molecular flexibility index (Phi) is 9.63. The third-order valence-corrected chi connectivity index (χ3v) is 7.96. The van der Waals surface area contributed by atoms with Gasteiger partial charge in [0.2, 0.25) is 5.88 Å². The van der Waals surface area contributed by atoms with Gasteiger partial charge in [0, 0.05) is 36.8 Å². The summed E-state index contributed by atoms with van der Waals surface area (Å²) in [6, 6.07) is 13.9. The first-order valence-electron chi connectivity index (χ1n) is 14.4. The van der Waals surface area contributed by atoms with Crippen LogP contribution in [0.5, 0.6) is 11.6 Å². The number of hydrogen-bond acceptors (Lipinski definition) is 7. The predicted octanol–water partition coefficient (Wildman–Crippen LogP) is 5.02. The lowest BCUT2D eigenvalue weighted by Gasteiger charge is -2.33. The second kappa shape index (κ2) is 13.7. The number of rotatable bonds is 9. The zero-order chi connectivity index (χ0) is 30.3. The molecule has 5 rings (SSSR count). The molecule has 11 heteroatoms. The maximum atomic E-state index is 14.2. The van der Waals surface area contributed by atoms with E-state index in [-0.39, 0.29) is 29.6 Å². The first-order valence-corrected chi connectivity index (χ1v) is 14.4. The van der Waals surface area contributed by atoms with Crippen molar-refractivity contribution in [1.29, 1.82) is 0 Å². The van der Waals surface area contributed by atoms with E-state index in [4.69, 9.17) is 14.6 Å². The van der Waals surface area contributed by atoms with Crippen LogP contribution in [-0.2, 0) is 11.3 Å². The zero-order valence-corrected chi connectivity index (χ0v) is 23.9.